The van der Waals surface area contributed by atoms with Crippen LogP contribution in [0.2, 0.25) is 5.02 Å². The molecule has 1 aromatic rings. The van der Waals surface area contributed by atoms with Gasteiger partial charge in [-0.25, -0.2) is 4.39 Å². The van der Waals surface area contributed by atoms with Crippen molar-refractivity contribution in [3.8, 4) is 0 Å². The number of aliphatic hydroxyl groups excluding tert-OH is 1. The summed E-state index contributed by atoms with van der Waals surface area (Å²) in [6.07, 6.45) is 0.184. The zero-order valence-corrected chi connectivity index (χ0v) is 7.05. The van der Waals surface area contributed by atoms with Gasteiger partial charge in [0.1, 0.15) is 11.9 Å². The molecule has 0 spiro atoms. The van der Waals surface area contributed by atoms with Gasteiger partial charge in [0, 0.05) is 10.6 Å². The Hall–Kier alpha value is -0.860. The molecule has 3 heteroatoms. The quantitative estimate of drug-likeness (QED) is 0.705. The summed E-state index contributed by atoms with van der Waals surface area (Å²) in [7, 11) is 0. The molecule has 64 valence electrons. The van der Waals surface area contributed by atoms with Crippen LogP contribution in [0.5, 0.6) is 0 Å². The molecule has 0 saturated heterocycles. The lowest BCUT2D eigenvalue weighted by molar-refractivity contribution is 0.223. The zero-order valence-electron chi connectivity index (χ0n) is 6.30. The van der Waals surface area contributed by atoms with Crippen molar-refractivity contribution in [3.05, 3.63) is 47.3 Å². The van der Waals surface area contributed by atoms with E-state index in [1.54, 1.807) is 0 Å². The number of benzene rings is 1. The largest absolute Gasteiger partial charge is 0.384 e. The van der Waals surface area contributed by atoms with Gasteiger partial charge < -0.3 is 5.11 Å². The Morgan fingerprint density at radius 3 is 2.75 bits per heavy atom. The molecule has 1 N–H and O–H groups in total. The second-order valence-corrected chi connectivity index (χ2v) is 2.72. The summed E-state index contributed by atoms with van der Waals surface area (Å²) in [5.74, 6) is -0.519. The Labute approximate surface area is 75.1 Å². The predicted octanol–water partition coefficient (Wildman–Crippen LogP) is 2.70. The molecule has 1 rings (SSSR count). The molecule has 12 heavy (non-hydrogen) atoms. The van der Waals surface area contributed by atoms with E-state index in [9.17, 15) is 9.50 Å². The van der Waals surface area contributed by atoms with Crippen molar-refractivity contribution in [2.24, 2.45) is 0 Å². The molecule has 1 aromatic carbocycles. The summed E-state index contributed by atoms with van der Waals surface area (Å²) >= 11 is 5.66. The molecule has 0 aliphatic heterocycles. The Morgan fingerprint density at radius 2 is 2.25 bits per heavy atom. The lowest BCUT2D eigenvalue weighted by Crippen LogP contribution is -1.97. The lowest BCUT2D eigenvalue weighted by atomic mass is 10.1. The van der Waals surface area contributed by atoms with E-state index in [4.69, 9.17) is 11.6 Å². The molecular formula is C9H8ClFO. The van der Waals surface area contributed by atoms with Crippen molar-refractivity contribution in [3.63, 3.8) is 0 Å². The summed E-state index contributed by atoms with van der Waals surface area (Å²) in [5, 5.41) is 9.46. The maximum absolute atomic E-state index is 13.0. The zero-order chi connectivity index (χ0) is 9.14. The molecule has 0 radical (unpaired) electrons. The van der Waals surface area contributed by atoms with Crippen LogP contribution in [0.1, 0.15) is 11.7 Å². The highest BCUT2D eigenvalue weighted by Crippen LogP contribution is 2.25. The topological polar surface area (TPSA) is 20.2 Å². The van der Waals surface area contributed by atoms with Crippen LogP contribution >= 0.6 is 11.6 Å². The van der Waals surface area contributed by atoms with Crippen LogP contribution in [0.15, 0.2) is 30.9 Å². The molecule has 0 saturated carbocycles. The first kappa shape index (κ1) is 9.23. The van der Waals surface area contributed by atoms with Gasteiger partial charge in [0.2, 0.25) is 0 Å². The second kappa shape index (κ2) is 3.70. The molecule has 0 fully saturated rings. The normalized spacial score (nSPS) is 12.6. The molecule has 1 atom stereocenters. The Kier molecular flexibility index (Phi) is 2.84. The van der Waals surface area contributed by atoms with E-state index in [0.717, 1.165) is 0 Å². The first-order valence-electron chi connectivity index (χ1n) is 3.41. The molecule has 0 aliphatic carbocycles. The van der Waals surface area contributed by atoms with Gasteiger partial charge in [-0.05, 0) is 12.1 Å². The van der Waals surface area contributed by atoms with Crippen molar-refractivity contribution in [2.75, 3.05) is 0 Å². The SMILES string of the molecule is C=CC(O)c1c(F)cccc1Cl. The van der Waals surface area contributed by atoms with Crippen LogP contribution in [0.3, 0.4) is 0 Å². The fourth-order valence-electron chi connectivity index (χ4n) is 0.911. The van der Waals surface area contributed by atoms with Crippen LogP contribution in [0.25, 0.3) is 0 Å². The van der Waals surface area contributed by atoms with Gasteiger partial charge in [-0.15, -0.1) is 6.58 Å². The first-order valence-corrected chi connectivity index (χ1v) is 3.79. The Bertz CT molecular complexity index is 278. The summed E-state index contributed by atoms with van der Waals surface area (Å²) in [4.78, 5) is 0. The van der Waals surface area contributed by atoms with Crippen molar-refractivity contribution in [1.29, 1.82) is 0 Å². The smallest absolute Gasteiger partial charge is 0.130 e. The average Bonchev–Trinajstić information content (AvgIpc) is 2.03. The Balaban J connectivity index is 3.20. The van der Waals surface area contributed by atoms with Gasteiger partial charge in [0.05, 0.1) is 0 Å². The number of hydrogen-bond acceptors (Lipinski definition) is 1. The van der Waals surface area contributed by atoms with Crippen molar-refractivity contribution < 1.29 is 9.50 Å². The van der Waals surface area contributed by atoms with Crippen LogP contribution in [-0.2, 0) is 0 Å². The third kappa shape index (κ3) is 1.65. The van der Waals surface area contributed by atoms with Crippen molar-refractivity contribution >= 4 is 11.6 Å². The molecular weight excluding hydrogens is 179 g/mol. The minimum Gasteiger partial charge on any atom is -0.384 e. The van der Waals surface area contributed by atoms with Gasteiger partial charge in [0.25, 0.3) is 0 Å². The van der Waals surface area contributed by atoms with Crippen LogP contribution in [0.4, 0.5) is 4.39 Å². The van der Waals surface area contributed by atoms with Crippen LogP contribution in [-0.4, -0.2) is 5.11 Å². The maximum atomic E-state index is 13.0. The van der Waals surface area contributed by atoms with E-state index in [1.165, 1.54) is 24.3 Å². The van der Waals surface area contributed by atoms with Crippen molar-refractivity contribution in [2.45, 2.75) is 6.10 Å². The average molecular weight is 187 g/mol. The van der Waals surface area contributed by atoms with Crippen molar-refractivity contribution in [1.82, 2.24) is 0 Å². The van der Waals surface area contributed by atoms with E-state index < -0.39 is 11.9 Å². The van der Waals surface area contributed by atoms with Gasteiger partial charge in [0.15, 0.2) is 0 Å². The highest BCUT2D eigenvalue weighted by molar-refractivity contribution is 6.31. The number of halogens is 2. The molecule has 0 heterocycles. The number of aliphatic hydroxyl groups is 1. The third-order valence-corrected chi connectivity index (χ3v) is 1.85. The Morgan fingerprint density at radius 1 is 1.58 bits per heavy atom. The van der Waals surface area contributed by atoms with Gasteiger partial charge in [-0.1, -0.05) is 23.7 Å². The van der Waals surface area contributed by atoms with E-state index >= 15 is 0 Å². The molecule has 0 amide bonds. The van der Waals surface area contributed by atoms with Crippen LogP contribution < -0.4 is 0 Å². The summed E-state index contributed by atoms with van der Waals surface area (Å²) in [5.41, 5.74) is 0.0779. The van der Waals surface area contributed by atoms with E-state index in [-0.39, 0.29) is 10.6 Å². The number of hydrogen-bond donors (Lipinski definition) is 1. The summed E-state index contributed by atoms with van der Waals surface area (Å²) in [6, 6.07) is 4.25. The monoisotopic (exact) mass is 186 g/mol. The minimum atomic E-state index is -1.04. The van der Waals surface area contributed by atoms with Gasteiger partial charge in [-0.2, -0.15) is 0 Å². The van der Waals surface area contributed by atoms with E-state index in [1.807, 2.05) is 0 Å². The predicted molar refractivity (Wildman–Crippen MR) is 46.6 cm³/mol. The third-order valence-electron chi connectivity index (χ3n) is 1.52. The highest BCUT2D eigenvalue weighted by Gasteiger charge is 2.12. The number of rotatable bonds is 2. The maximum Gasteiger partial charge on any atom is 0.130 e. The lowest BCUT2D eigenvalue weighted by Gasteiger charge is -2.08. The van der Waals surface area contributed by atoms with E-state index in [2.05, 4.69) is 6.58 Å². The molecule has 1 unspecified atom stereocenters. The van der Waals surface area contributed by atoms with E-state index in [0.29, 0.717) is 0 Å². The molecule has 0 bridgehead atoms. The highest BCUT2D eigenvalue weighted by atomic mass is 35.5. The van der Waals surface area contributed by atoms with Gasteiger partial charge in [-0.3, -0.25) is 0 Å². The minimum absolute atomic E-state index is 0.0779. The van der Waals surface area contributed by atoms with Crippen LogP contribution in [0, 0.1) is 5.82 Å². The standard InChI is InChI=1S/C9H8ClFO/c1-2-8(12)9-6(10)4-3-5-7(9)11/h2-5,8,12H,1H2. The molecule has 0 aliphatic rings. The first-order chi connectivity index (χ1) is 5.66. The summed E-state index contributed by atoms with van der Waals surface area (Å²) < 4.78 is 13.0. The summed E-state index contributed by atoms with van der Waals surface area (Å²) in [6.45, 7) is 3.34. The van der Waals surface area contributed by atoms with Gasteiger partial charge >= 0.3 is 0 Å². The second-order valence-electron chi connectivity index (χ2n) is 2.32. The molecule has 0 aromatic heterocycles. The fraction of sp³-hybridized carbons (Fsp3) is 0.111. The molecule has 1 nitrogen and oxygen atoms in total. The fourth-order valence-corrected chi connectivity index (χ4v) is 1.19.